The van der Waals surface area contributed by atoms with Gasteiger partial charge in [0.15, 0.2) is 0 Å². The number of fused-ring (bicyclic) bond motifs is 3. The summed E-state index contributed by atoms with van der Waals surface area (Å²) in [6, 6.07) is 14.2. The van der Waals surface area contributed by atoms with Crippen molar-refractivity contribution in [2.75, 3.05) is 11.1 Å². The molecule has 1 fully saturated rings. The Morgan fingerprint density at radius 2 is 2.08 bits per heavy atom. The fourth-order valence-corrected chi connectivity index (χ4v) is 5.15. The maximum Gasteiger partial charge on any atom is 0.243 e. The Hall–Kier alpha value is -1.34. The highest BCUT2D eigenvalue weighted by Crippen LogP contribution is 2.42. The summed E-state index contributed by atoms with van der Waals surface area (Å²) in [5.74, 6) is 1.18. The monoisotopic (exact) mass is 403 g/mol. The van der Waals surface area contributed by atoms with Crippen molar-refractivity contribution >= 4 is 39.3 Å². The van der Waals surface area contributed by atoms with Crippen LogP contribution in [0.4, 0.5) is 5.69 Å². The third-order valence-electron chi connectivity index (χ3n) is 4.66. The first-order chi connectivity index (χ1) is 11.6. The molecule has 3 N–H and O–H groups in total. The van der Waals surface area contributed by atoms with E-state index in [1.807, 2.05) is 36.9 Å². The van der Waals surface area contributed by atoms with Gasteiger partial charge < -0.3 is 5.32 Å². The number of benzene rings is 2. The minimum absolute atomic E-state index is 0.0143. The molecular formula is C18H18BrN3OS. The zero-order valence-corrected chi connectivity index (χ0v) is 15.6. The van der Waals surface area contributed by atoms with Gasteiger partial charge in [0.05, 0.1) is 6.04 Å². The zero-order chi connectivity index (χ0) is 16.7. The average molecular weight is 404 g/mol. The molecule has 1 saturated heterocycles. The van der Waals surface area contributed by atoms with E-state index in [-0.39, 0.29) is 23.9 Å². The molecule has 1 amide bonds. The first kappa shape index (κ1) is 16.1. The summed E-state index contributed by atoms with van der Waals surface area (Å²) in [7, 11) is 0. The number of nitrogens with one attached hydrogen (secondary N) is 3. The van der Waals surface area contributed by atoms with Gasteiger partial charge in [-0.1, -0.05) is 34.1 Å². The fourth-order valence-electron chi connectivity index (χ4n) is 3.38. The van der Waals surface area contributed by atoms with E-state index in [0.29, 0.717) is 0 Å². The number of carbonyl (C=O) groups excluding carboxylic acids is 1. The highest BCUT2D eigenvalue weighted by atomic mass is 79.9. The van der Waals surface area contributed by atoms with Gasteiger partial charge in [0.2, 0.25) is 5.91 Å². The van der Waals surface area contributed by atoms with E-state index in [2.05, 4.69) is 56.4 Å². The first-order valence-corrected chi connectivity index (χ1v) is 9.71. The van der Waals surface area contributed by atoms with E-state index in [1.54, 1.807) is 0 Å². The Labute approximate surface area is 153 Å². The highest BCUT2D eigenvalue weighted by molar-refractivity contribution is 9.10. The lowest BCUT2D eigenvalue weighted by atomic mass is 9.90. The molecular weight excluding hydrogens is 386 g/mol. The van der Waals surface area contributed by atoms with Gasteiger partial charge >= 0.3 is 0 Å². The third-order valence-corrected chi connectivity index (χ3v) is 6.39. The molecule has 2 aromatic rings. The molecule has 0 saturated carbocycles. The number of rotatable bonds is 2. The second kappa shape index (κ2) is 6.52. The van der Waals surface area contributed by atoms with Crippen LogP contribution in [0.1, 0.15) is 17.2 Å². The van der Waals surface area contributed by atoms with Crippen LogP contribution in [0.15, 0.2) is 51.8 Å². The Kier molecular flexibility index (Phi) is 4.39. The summed E-state index contributed by atoms with van der Waals surface area (Å²) >= 11 is 5.28. The van der Waals surface area contributed by atoms with E-state index in [1.165, 1.54) is 10.5 Å². The molecule has 6 heteroatoms. The summed E-state index contributed by atoms with van der Waals surface area (Å²) < 4.78 is 1.01. The van der Waals surface area contributed by atoms with Crippen molar-refractivity contribution in [2.45, 2.75) is 23.9 Å². The van der Waals surface area contributed by atoms with Crippen LogP contribution in [-0.4, -0.2) is 17.7 Å². The molecule has 4 nitrogen and oxygen atoms in total. The van der Waals surface area contributed by atoms with Gasteiger partial charge in [-0.2, -0.15) is 0 Å². The lowest BCUT2D eigenvalue weighted by molar-refractivity contribution is -0.118. The largest absolute Gasteiger partial charge is 0.324 e. The minimum Gasteiger partial charge on any atom is -0.324 e. The van der Waals surface area contributed by atoms with Crippen molar-refractivity contribution in [1.29, 1.82) is 0 Å². The van der Waals surface area contributed by atoms with E-state index in [9.17, 15) is 4.79 Å². The number of aryl methyl sites for hydroxylation is 1. The quantitative estimate of drug-likeness (QED) is 0.716. The van der Waals surface area contributed by atoms with Crippen LogP contribution in [0.3, 0.4) is 0 Å². The zero-order valence-electron chi connectivity index (χ0n) is 13.2. The SMILES string of the molecule is Cc1cc(Br)ccc1NC(=O)C1NNC2c3ccccc3SCC12. The van der Waals surface area contributed by atoms with Crippen molar-refractivity contribution in [3.63, 3.8) is 0 Å². The molecule has 2 aliphatic heterocycles. The molecule has 2 aromatic carbocycles. The van der Waals surface area contributed by atoms with Crippen LogP contribution in [0.25, 0.3) is 0 Å². The van der Waals surface area contributed by atoms with Gasteiger partial charge in [0.1, 0.15) is 6.04 Å². The molecule has 124 valence electrons. The number of hydrogen-bond donors (Lipinski definition) is 3. The Morgan fingerprint density at radius 3 is 2.92 bits per heavy atom. The van der Waals surface area contributed by atoms with Crippen LogP contribution >= 0.6 is 27.7 Å². The standard InChI is InChI=1S/C18H18BrN3OS/c1-10-8-11(19)6-7-14(10)20-18(23)17-13-9-24-15-5-3-2-4-12(15)16(13)21-22-17/h2-8,13,16-17,21-22H,9H2,1H3,(H,20,23). The van der Waals surface area contributed by atoms with Gasteiger partial charge in [-0.15, -0.1) is 11.8 Å². The fraction of sp³-hybridized carbons (Fsp3) is 0.278. The number of carbonyl (C=O) groups is 1. The topological polar surface area (TPSA) is 53.2 Å². The molecule has 3 atom stereocenters. The lowest BCUT2D eigenvalue weighted by Gasteiger charge is -2.28. The van der Waals surface area contributed by atoms with Gasteiger partial charge in [-0.25, -0.2) is 10.9 Å². The molecule has 2 aliphatic rings. The normalized spacial score (nSPS) is 25.0. The van der Waals surface area contributed by atoms with Gasteiger partial charge in [-0.05, 0) is 42.3 Å². The molecule has 0 radical (unpaired) electrons. The van der Waals surface area contributed by atoms with Crippen molar-refractivity contribution < 1.29 is 4.79 Å². The summed E-state index contributed by atoms with van der Waals surface area (Å²) in [4.78, 5) is 14.1. The van der Waals surface area contributed by atoms with Crippen molar-refractivity contribution in [3.05, 3.63) is 58.1 Å². The number of thioether (sulfide) groups is 1. The molecule has 0 aromatic heterocycles. The predicted octanol–water partition coefficient (Wildman–Crippen LogP) is 3.64. The van der Waals surface area contributed by atoms with Gasteiger partial charge in [-0.3, -0.25) is 4.79 Å². The minimum atomic E-state index is -0.237. The van der Waals surface area contributed by atoms with Crippen LogP contribution in [0.5, 0.6) is 0 Å². The maximum absolute atomic E-state index is 12.8. The molecule has 2 heterocycles. The van der Waals surface area contributed by atoms with Crippen LogP contribution in [0, 0.1) is 12.8 Å². The van der Waals surface area contributed by atoms with E-state index in [0.717, 1.165) is 21.5 Å². The molecule has 24 heavy (non-hydrogen) atoms. The Morgan fingerprint density at radius 1 is 1.25 bits per heavy atom. The third kappa shape index (κ3) is 2.88. The summed E-state index contributed by atoms with van der Waals surface area (Å²) in [5.41, 5.74) is 9.71. The summed E-state index contributed by atoms with van der Waals surface area (Å²) in [6.07, 6.45) is 0. The molecule has 0 spiro atoms. The van der Waals surface area contributed by atoms with Crippen LogP contribution < -0.4 is 16.2 Å². The Bertz CT molecular complexity index is 798. The average Bonchev–Trinajstić information content (AvgIpc) is 3.02. The number of anilines is 1. The summed E-state index contributed by atoms with van der Waals surface area (Å²) in [5, 5.41) is 3.06. The van der Waals surface area contributed by atoms with E-state index in [4.69, 9.17) is 0 Å². The molecule has 0 bridgehead atoms. The Balaban J connectivity index is 1.53. The smallest absolute Gasteiger partial charge is 0.243 e. The van der Waals surface area contributed by atoms with Crippen molar-refractivity contribution in [1.82, 2.24) is 10.9 Å². The van der Waals surface area contributed by atoms with Crippen LogP contribution in [0.2, 0.25) is 0 Å². The maximum atomic E-state index is 12.8. The second-order valence-electron chi connectivity index (χ2n) is 6.21. The predicted molar refractivity (Wildman–Crippen MR) is 101 cm³/mol. The second-order valence-corrected chi connectivity index (χ2v) is 8.18. The van der Waals surface area contributed by atoms with Crippen molar-refractivity contribution in [2.24, 2.45) is 5.92 Å². The number of hydrogen-bond acceptors (Lipinski definition) is 4. The van der Waals surface area contributed by atoms with Crippen LogP contribution in [-0.2, 0) is 4.79 Å². The van der Waals surface area contributed by atoms with Gasteiger partial charge in [0.25, 0.3) is 0 Å². The highest BCUT2D eigenvalue weighted by Gasteiger charge is 2.43. The number of amides is 1. The molecule has 0 aliphatic carbocycles. The lowest BCUT2D eigenvalue weighted by Crippen LogP contribution is -2.42. The molecule has 4 rings (SSSR count). The van der Waals surface area contributed by atoms with Crippen molar-refractivity contribution in [3.8, 4) is 0 Å². The number of hydrazine groups is 1. The van der Waals surface area contributed by atoms with E-state index < -0.39 is 0 Å². The first-order valence-electron chi connectivity index (χ1n) is 7.93. The van der Waals surface area contributed by atoms with E-state index >= 15 is 0 Å². The molecule has 3 unspecified atom stereocenters. The number of halogens is 1. The van der Waals surface area contributed by atoms with Gasteiger partial charge in [0, 0.05) is 26.7 Å². The summed E-state index contributed by atoms with van der Waals surface area (Å²) in [6.45, 7) is 2.00.